The van der Waals surface area contributed by atoms with Crippen LogP contribution >= 0.6 is 55.2 Å². The average Bonchev–Trinajstić information content (AvgIpc) is 2.73. The SMILES string of the molecule is O=C1Nc2ccc(S(=O)(=O)Cc3c(Br)cccc3Br)cc2S/C1=C/c1ccc(Cl)cc1. The van der Waals surface area contributed by atoms with Crippen molar-refractivity contribution in [1.82, 2.24) is 0 Å². The van der Waals surface area contributed by atoms with Crippen LogP contribution in [0.1, 0.15) is 11.1 Å². The molecule has 1 heterocycles. The van der Waals surface area contributed by atoms with Crippen LogP contribution in [0.5, 0.6) is 0 Å². The largest absolute Gasteiger partial charge is 0.320 e. The number of fused-ring (bicyclic) bond motifs is 1. The molecule has 0 saturated carbocycles. The van der Waals surface area contributed by atoms with Crippen molar-refractivity contribution >= 4 is 82.7 Å². The molecule has 31 heavy (non-hydrogen) atoms. The molecule has 1 aliphatic heterocycles. The Morgan fingerprint density at radius 3 is 2.35 bits per heavy atom. The number of amides is 1. The van der Waals surface area contributed by atoms with Crippen molar-refractivity contribution in [1.29, 1.82) is 0 Å². The van der Waals surface area contributed by atoms with Gasteiger partial charge in [-0.1, -0.05) is 73.4 Å². The molecule has 1 aliphatic rings. The number of hydrogen-bond donors (Lipinski definition) is 1. The van der Waals surface area contributed by atoms with Crippen LogP contribution in [0, 0.1) is 0 Å². The van der Waals surface area contributed by atoms with Gasteiger partial charge in [-0.3, -0.25) is 4.79 Å². The summed E-state index contributed by atoms with van der Waals surface area (Å²) < 4.78 is 27.6. The van der Waals surface area contributed by atoms with E-state index in [1.807, 2.05) is 30.3 Å². The Bertz CT molecular complexity index is 1300. The summed E-state index contributed by atoms with van der Waals surface area (Å²) in [5.74, 6) is -0.390. The minimum Gasteiger partial charge on any atom is -0.320 e. The number of thioether (sulfide) groups is 1. The summed E-state index contributed by atoms with van der Waals surface area (Å²) in [5, 5.41) is 3.44. The molecule has 9 heteroatoms. The van der Waals surface area contributed by atoms with Gasteiger partial charge in [-0.15, -0.1) is 0 Å². The van der Waals surface area contributed by atoms with Gasteiger partial charge in [-0.05, 0) is 59.7 Å². The highest BCUT2D eigenvalue weighted by atomic mass is 79.9. The quantitative estimate of drug-likeness (QED) is 0.331. The molecule has 4 rings (SSSR count). The summed E-state index contributed by atoms with van der Waals surface area (Å²) in [6.07, 6.45) is 1.75. The maximum Gasteiger partial charge on any atom is 0.262 e. The van der Waals surface area contributed by atoms with Crippen LogP contribution in [0.3, 0.4) is 0 Å². The minimum absolute atomic E-state index is 0.154. The molecule has 0 radical (unpaired) electrons. The number of rotatable bonds is 4. The number of sulfone groups is 1. The van der Waals surface area contributed by atoms with Gasteiger partial charge < -0.3 is 5.32 Å². The third-order valence-electron chi connectivity index (χ3n) is 4.57. The third kappa shape index (κ3) is 5.09. The van der Waals surface area contributed by atoms with Crippen molar-refractivity contribution in [2.45, 2.75) is 15.5 Å². The van der Waals surface area contributed by atoms with Crippen molar-refractivity contribution in [2.75, 3.05) is 5.32 Å². The van der Waals surface area contributed by atoms with Crippen LogP contribution in [-0.4, -0.2) is 14.3 Å². The van der Waals surface area contributed by atoms with E-state index in [1.165, 1.54) is 17.8 Å². The summed E-state index contributed by atoms with van der Waals surface area (Å²) >= 11 is 14.0. The molecule has 0 aromatic heterocycles. The second-order valence-electron chi connectivity index (χ2n) is 6.73. The first-order valence-corrected chi connectivity index (χ1v) is 13.4. The number of halogens is 3. The molecule has 3 aromatic rings. The monoisotopic (exact) mass is 597 g/mol. The number of carbonyl (C=O) groups is 1. The van der Waals surface area contributed by atoms with E-state index in [0.29, 0.717) is 26.1 Å². The van der Waals surface area contributed by atoms with Gasteiger partial charge in [-0.25, -0.2) is 8.42 Å². The number of benzene rings is 3. The fourth-order valence-corrected chi connectivity index (χ4v) is 7.25. The van der Waals surface area contributed by atoms with Gasteiger partial charge in [0.05, 0.1) is 21.2 Å². The van der Waals surface area contributed by atoms with Crippen molar-refractivity contribution in [3.8, 4) is 0 Å². The minimum atomic E-state index is -3.61. The summed E-state index contributed by atoms with van der Waals surface area (Å²) in [7, 11) is -3.61. The highest BCUT2D eigenvalue weighted by Gasteiger charge is 2.25. The number of carbonyl (C=O) groups excluding carboxylic acids is 1. The second kappa shape index (κ2) is 9.11. The van der Waals surface area contributed by atoms with Crippen LogP contribution in [0.15, 0.2) is 84.3 Å². The maximum atomic E-state index is 13.1. The van der Waals surface area contributed by atoms with E-state index in [9.17, 15) is 13.2 Å². The van der Waals surface area contributed by atoms with E-state index in [2.05, 4.69) is 37.2 Å². The molecule has 0 saturated heterocycles. The van der Waals surface area contributed by atoms with Crippen LogP contribution < -0.4 is 5.32 Å². The molecule has 0 fully saturated rings. The van der Waals surface area contributed by atoms with E-state index in [1.54, 1.807) is 30.3 Å². The van der Waals surface area contributed by atoms with Gasteiger partial charge >= 0.3 is 0 Å². The topological polar surface area (TPSA) is 63.2 Å². The lowest BCUT2D eigenvalue weighted by atomic mass is 10.2. The second-order valence-corrected chi connectivity index (χ2v) is 12.0. The van der Waals surface area contributed by atoms with E-state index in [-0.39, 0.29) is 16.6 Å². The zero-order chi connectivity index (χ0) is 22.2. The van der Waals surface area contributed by atoms with Gasteiger partial charge in [0.2, 0.25) is 0 Å². The lowest BCUT2D eigenvalue weighted by Gasteiger charge is -2.19. The first kappa shape index (κ1) is 22.6. The molecule has 0 unspecified atom stereocenters. The molecular formula is C22H14Br2ClNO3S2. The average molecular weight is 600 g/mol. The first-order chi connectivity index (χ1) is 14.7. The molecule has 0 aliphatic carbocycles. The lowest BCUT2D eigenvalue weighted by molar-refractivity contribution is -0.112. The maximum absolute atomic E-state index is 13.1. The fraction of sp³-hybridized carbons (Fsp3) is 0.0455. The standard InChI is InChI=1S/C22H14Br2ClNO3S2/c23-17-2-1-3-18(24)16(17)12-31(28,29)15-8-9-19-20(11-15)30-21(22(27)26-19)10-13-4-6-14(25)7-5-13/h1-11H,12H2,(H,26,27)/b21-10+. The Morgan fingerprint density at radius 1 is 1.00 bits per heavy atom. The highest BCUT2D eigenvalue weighted by Crippen LogP contribution is 2.40. The molecular weight excluding hydrogens is 586 g/mol. The number of nitrogens with one attached hydrogen (secondary N) is 1. The van der Waals surface area contributed by atoms with Crippen molar-refractivity contribution in [2.24, 2.45) is 0 Å². The van der Waals surface area contributed by atoms with Crippen molar-refractivity contribution in [3.05, 3.63) is 90.7 Å². The molecule has 158 valence electrons. The van der Waals surface area contributed by atoms with Crippen LogP contribution in [-0.2, 0) is 20.4 Å². The van der Waals surface area contributed by atoms with E-state index in [4.69, 9.17) is 11.6 Å². The van der Waals surface area contributed by atoms with Gasteiger partial charge in [0.15, 0.2) is 9.84 Å². The molecule has 1 amide bonds. The molecule has 4 nitrogen and oxygen atoms in total. The van der Waals surface area contributed by atoms with Gasteiger partial charge in [0, 0.05) is 18.9 Å². The summed E-state index contributed by atoms with van der Waals surface area (Å²) in [5.41, 5.74) is 2.07. The van der Waals surface area contributed by atoms with E-state index >= 15 is 0 Å². The summed E-state index contributed by atoms with van der Waals surface area (Å²) in [4.78, 5) is 13.8. The van der Waals surface area contributed by atoms with Crippen LogP contribution in [0.2, 0.25) is 5.02 Å². The van der Waals surface area contributed by atoms with E-state index < -0.39 is 9.84 Å². The van der Waals surface area contributed by atoms with Gasteiger partial charge in [0.1, 0.15) is 0 Å². The number of anilines is 1. The molecule has 0 atom stereocenters. The van der Waals surface area contributed by atoms with Crippen LogP contribution in [0.4, 0.5) is 5.69 Å². The Labute approximate surface area is 206 Å². The predicted octanol–water partition coefficient (Wildman–Crippen LogP) is 6.92. The Kier molecular flexibility index (Phi) is 6.65. The Hall–Kier alpha value is -1.58. The Morgan fingerprint density at radius 2 is 1.68 bits per heavy atom. The summed E-state index contributed by atoms with van der Waals surface area (Å²) in [6.45, 7) is 0. The van der Waals surface area contributed by atoms with Crippen LogP contribution in [0.25, 0.3) is 6.08 Å². The molecule has 3 aromatic carbocycles. The predicted molar refractivity (Wildman–Crippen MR) is 133 cm³/mol. The molecule has 0 bridgehead atoms. The fourth-order valence-electron chi connectivity index (χ4n) is 2.98. The van der Waals surface area contributed by atoms with Gasteiger partial charge in [-0.2, -0.15) is 0 Å². The zero-order valence-corrected chi connectivity index (χ0v) is 21.3. The molecule has 0 spiro atoms. The van der Waals surface area contributed by atoms with E-state index in [0.717, 1.165) is 14.5 Å². The zero-order valence-electron chi connectivity index (χ0n) is 15.7. The smallest absolute Gasteiger partial charge is 0.262 e. The van der Waals surface area contributed by atoms with Gasteiger partial charge in [0.25, 0.3) is 5.91 Å². The third-order valence-corrected chi connectivity index (χ3v) is 9.03. The summed E-state index contributed by atoms with van der Waals surface area (Å²) in [6, 6.07) is 17.3. The first-order valence-electron chi connectivity index (χ1n) is 8.99. The number of hydrogen-bond acceptors (Lipinski definition) is 4. The van der Waals surface area contributed by atoms with Crippen molar-refractivity contribution < 1.29 is 13.2 Å². The molecule has 1 N–H and O–H groups in total. The Balaban J connectivity index is 1.65. The highest BCUT2D eigenvalue weighted by molar-refractivity contribution is 9.11. The lowest BCUT2D eigenvalue weighted by Crippen LogP contribution is -2.17. The normalized spacial score (nSPS) is 14.9. The van der Waals surface area contributed by atoms with Crippen molar-refractivity contribution in [3.63, 3.8) is 0 Å².